The average molecular weight is 530 g/mol. The fourth-order valence-electron chi connectivity index (χ4n) is 3.88. The Kier molecular flexibility index (Phi) is 10.4. The number of aryl methyl sites for hydroxylation is 1. The third kappa shape index (κ3) is 8.18. The fourth-order valence-corrected chi connectivity index (χ4v) is 7.05. The Hall–Kier alpha value is -1.25. The summed E-state index contributed by atoms with van der Waals surface area (Å²) < 4.78 is 27.1. The topological polar surface area (TPSA) is 66.5 Å². The van der Waals surface area contributed by atoms with Crippen LogP contribution < -0.4 is 5.32 Å². The number of benzene rings is 2. The van der Waals surface area contributed by atoms with E-state index in [2.05, 4.69) is 5.32 Å². The van der Waals surface area contributed by atoms with Crippen LogP contribution in [0.15, 0.2) is 48.5 Å². The van der Waals surface area contributed by atoms with E-state index in [0.717, 1.165) is 23.3 Å². The molecule has 1 heterocycles. The normalized spacial score (nSPS) is 17.1. The van der Waals surface area contributed by atoms with Gasteiger partial charge in [-0.15, -0.1) is 0 Å². The summed E-state index contributed by atoms with van der Waals surface area (Å²) in [6.07, 6.45) is 2.72. The van der Waals surface area contributed by atoms with Crippen LogP contribution in [-0.4, -0.2) is 49.8 Å². The van der Waals surface area contributed by atoms with E-state index in [4.69, 9.17) is 23.2 Å². The van der Waals surface area contributed by atoms with Crippen molar-refractivity contribution in [2.75, 3.05) is 31.1 Å². The lowest BCUT2D eigenvalue weighted by atomic mass is 9.99. The molecule has 180 valence electrons. The zero-order valence-corrected chi connectivity index (χ0v) is 21.7. The maximum atomic E-state index is 12.8. The highest BCUT2D eigenvalue weighted by Gasteiger charge is 2.31. The minimum Gasteiger partial charge on any atom is -0.355 e. The summed E-state index contributed by atoms with van der Waals surface area (Å²) in [5, 5.41) is 4.25. The average Bonchev–Trinajstić information content (AvgIpc) is 2.81. The number of hydrogen-bond donors (Lipinski definition) is 1. The molecule has 1 N–H and O–H groups in total. The standard InChI is InChI=1S/C24H30Cl2N2O3S2/c25-22-11-4-12-23(26)21(22)18-32-15-13-27-24(29)20-10-5-14-28(17-20)33(30,31)16-6-9-19-7-2-1-3-8-19/h1-4,7-8,11-12,20H,5-6,9-10,13-18H2,(H,27,29)/t20-/m0/s1. The third-order valence-electron chi connectivity index (χ3n) is 5.71. The summed E-state index contributed by atoms with van der Waals surface area (Å²) in [6.45, 7) is 1.28. The molecule has 0 radical (unpaired) electrons. The van der Waals surface area contributed by atoms with E-state index in [1.807, 2.05) is 48.5 Å². The second-order valence-corrected chi connectivity index (χ2v) is 12.2. The van der Waals surface area contributed by atoms with Crippen LogP contribution in [0.2, 0.25) is 10.0 Å². The molecule has 2 aromatic rings. The van der Waals surface area contributed by atoms with Crippen LogP contribution in [0.4, 0.5) is 0 Å². The van der Waals surface area contributed by atoms with Crippen molar-refractivity contribution >= 4 is 50.9 Å². The smallest absolute Gasteiger partial charge is 0.224 e. The quantitative estimate of drug-likeness (QED) is 0.416. The van der Waals surface area contributed by atoms with Gasteiger partial charge in [-0.1, -0.05) is 59.6 Å². The molecular weight excluding hydrogens is 499 g/mol. The molecule has 9 heteroatoms. The molecule has 1 fully saturated rings. The molecule has 1 aliphatic heterocycles. The lowest BCUT2D eigenvalue weighted by Gasteiger charge is -2.31. The van der Waals surface area contributed by atoms with Crippen LogP contribution >= 0.6 is 35.0 Å². The number of nitrogens with one attached hydrogen (secondary N) is 1. The highest BCUT2D eigenvalue weighted by atomic mass is 35.5. The summed E-state index contributed by atoms with van der Waals surface area (Å²) >= 11 is 14.0. The van der Waals surface area contributed by atoms with Crippen molar-refractivity contribution < 1.29 is 13.2 Å². The van der Waals surface area contributed by atoms with Crippen molar-refractivity contribution in [3.63, 3.8) is 0 Å². The number of nitrogens with zero attached hydrogens (tertiary/aromatic N) is 1. The molecule has 2 aromatic carbocycles. The van der Waals surface area contributed by atoms with Gasteiger partial charge in [0.2, 0.25) is 15.9 Å². The Bertz CT molecular complexity index is 999. The number of thioether (sulfide) groups is 1. The van der Waals surface area contributed by atoms with Crippen molar-refractivity contribution in [2.24, 2.45) is 5.92 Å². The summed E-state index contributed by atoms with van der Waals surface area (Å²) in [5.74, 6) is 1.13. The van der Waals surface area contributed by atoms with Crippen LogP contribution in [0.5, 0.6) is 0 Å². The van der Waals surface area contributed by atoms with E-state index in [1.165, 1.54) is 4.31 Å². The Morgan fingerprint density at radius 2 is 1.82 bits per heavy atom. The summed E-state index contributed by atoms with van der Waals surface area (Å²) in [5.41, 5.74) is 2.04. The zero-order valence-electron chi connectivity index (χ0n) is 18.5. The maximum absolute atomic E-state index is 12.8. The fraction of sp³-hybridized carbons (Fsp3) is 0.458. The molecule has 1 aliphatic rings. The lowest BCUT2D eigenvalue weighted by Crippen LogP contribution is -2.46. The predicted molar refractivity (Wildman–Crippen MR) is 138 cm³/mol. The summed E-state index contributed by atoms with van der Waals surface area (Å²) in [6, 6.07) is 15.3. The van der Waals surface area contributed by atoms with E-state index >= 15 is 0 Å². The lowest BCUT2D eigenvalue weighted by molar-refractivity contribution is -0.125. The molecule has 0 aromatic heterocycles. The van der Waals surface area contributed by atoms with Gasteiger partial charge in [0.05, 0.1) is 11.7 Å². The van der Waals surface area contributed by atoms with E-state index < -0.39 is 10.0 Å². The summed E-state index contributed by atoms with van der Waals surface area (Å²) in [7, 11) is -3.36. The van der Waals surface area contributed by atoms with Crippen LogP contribution in [0.25, 0.3) is 0 Å². The number of rotatable bonds is 11. The summed E-state index contributed by atoms with van der Waals surface area (Å²) in [4.78, 5) is 12.6. The monoisotopic (exact) mass is 528 g/mol. The first-order valence-corrected chi connectivity index (χ1v) is 14.7. The molecule has 1 saturated heterocycles. The first-order chi connectivity index (χ1) is 15.9. The minimum atomic E-state index is -3.36. The van der Waals surface area contributed by atoms with E-state index in [9.17, 15) is 13.2 Å². The first-order valence-electron chi connectivity index (χ1n) is 11.2. The van der Waals surface area contributed by atoms with Crippen LogP contribution in [0.3, 0.4) is 0 Å². The maximum Gasteiger partial charge on any atom is 0.224 e. The Labute approximate surface area is 211 Å². The van der Waals surface area contributed by atoms with Gasteiger partial charge < -0.3 is 5.32 Å². The second-order valence-electron chi connectivity index (χ2n) is 8.15. The number of piperidine rings is 1. The van der Waals surface area contributed by atoms with Gasteiger partial charge in [0, 0.05) is 41.2 Å². The van der Waals surface area contributed by atoms with Crippen LogP contribution in [0, 0.1) is 5.92 Å². The SMILES string of the molecule is O=C(NCCSCc1c(Cl)cccc1Cl)[C@H]1CCCN(S(=O)(=O)CCCc2ccccc2)C1. The van der Waals surface area contributed by atoms with Crippen LogP contribution in [0.1, 0.15) is 30.4 Å². The van der Waals surface area contributed by atoms with Crippen LogP contribution in [-0.2, 0) is 27.0 Å². The number of amides is 1. The second kappa shape index (κ2) is 13.0. The predicted octanol–water partition coefficient (Wildman–Crippen LogP) is 5.02. The van der Waals surface area contributed by atoms with Crippen molar-refractivity contribution in [2.45, 2.75) is 31.4 Å². The number of sulfonamides is 1. The highest BCUT2D eigenvalue weighted by molar-refractivity contribution is 7.98. The minimum absolute atomic E-state index is 0.0736. The number of carbonyl (C=O) groups is 1. The number of carbonyl (C=O) groups excluding carboxylic acids is 1. The molecule has 0 saturated carbocycles. The largest absolute Gasteiger partial charge is 0.355 e. The molecule has 5 nitrogen and oxygen atoms in total. The van der Waals surface area contributed by atoms with Crippen molar-refractivity contribution in [3.05, 3.63) is 69.7 Å². The van der Waals surface area contributed by atoms with E-state index in [-0.39, 0.29) is 24.1 Å². The van der Waals surface area contributed by atoms with Gasteiger partial charge in [0.25, 0.3) is 0 Å². The highest BCUT2D eigenvalue weighted by Crippen LogP contribution is 2.28. The van der Waals surface area contributed by atoms with E-state index in [0.29, 0.717) is 48.2 Å². The van der Waals surface area contributed by atoms with Crippen molar-refractivity contribution in [1.29, 1.82) is 0 Å². The van der Waals surface area contributed by atoms with Gasteiger partial charge in [-0.05, 0) is 48.9 Å². The molecule has 3 rings (SSSR count). The zero-order chi connectivity index (χ0) is 23.7. The first kappa shape index (κ1) is 26.4. The molecule has 0 unspecified atom stereocenters. The van der Waals surface area contributed by atoms with Gasteiger partial charge in [0.1, 0.15) is 0 Å². The molecule has 33 heavy (non-hydrogen) atoms. The molecule has 1 atom stereocenters. The Morgan fingerprint density at radius 1 is 1.09 bits per heavy atom. The van der Waals surface area contributed by atoms with Gasteiger partial charge >= 0.3 is 0 Å². The van der Waals surface area contributed by atoms with Gasteiger partial charge in [-0.25, -0.2) is 12.7 Å². The number of hydrogen-bond acceptors (Lipinski definition) is 4. The van der Waals surface area contributed by atoms with E-state index in [1.54, 1.807) is 11.8 Å². The van der Waals surface area contributed by atoms with Gasteiger partial charge in [-0.3, -0.25) is 4.79 Å². The number of halogens is 2. The molecule has 0 spiro atoms. The Balaban J connectivity index is 1.39. The van der Waals surface area contributed by atoms with Crippen molar-refractivity contribution in [3.8, 4) is 0 Å². The third-order valence-corrected chi connectivity index (χ3v) is 9.33. The van der Waals surface area contributed by atoms with Crippen molar-refractivity contribution in [1.82, 2.24) is 9.62 Å². The van der Waals surface area contributed by atoms with Gasteiger partial charge in [-0.2, -0.15) is 11.8 Å². The Morgan fingerprint density at radius 3 is 2.55 bits per heavy atom. The molecule has 0 bridgehead atoms. The van der Waals surface area contributed by atoms with Gasteiger partial charge in [0.15, 0.2) is 0 Å². The molecular formula is C24H30Cl2N2O3S2. The molecule has 0 aliphatic carbocycles. The molecule has 1 amide bonds.